The molecule has 0 radical (unpaired) electrons. The van der Waals surface area contributed by atoms with Gasteiger partial charge in [0.1, 0.15) is 5.76 Å². The molecule has 114 valence electrons. The summed E-state index contributed by atoms with van der Waals surface area (Å²) >= 11 is 0. The molecule has 1 saturated heterocycles. The lowest BCUT2D eigenvalue weighted by Crippen LogP contribution is -2.38. The van der Waals surface area contributed by atoms with Crippen molar-refractivity contribution in [2.24, 2.45) is 5.92 Å². The first kappa shape index (κ1) is 15.5. The van der Waals surface area contributed by atoms with Crippen molar-refractivity contribution >= 4 is 10.0 Å². The zero-order valence-corrected chi connectivity index (χ0v) is 13.1. The van der Waals surface area contributed by atoms with Crippen LogP contribution in [0, 0.1) is 5.92 Å². The normalized spacial score (nSPS) is 21.2. The first-order valence-electron chi connectivity index (χ1n) is 7.33. The van der Waals surface area contributed by atoms with Gasteiger partial charge < -0.3 is 9.73 Å². The van der Waals surface area contributed by atoms with Crippen LogP contribution in [0.2, 0.25) is 0 Å². The quantitative estimate of drug-likeness (QED) is 0.818. The lowest BCUT2D eigenvalue weighted by Gasteiger charge is -2.29. The Balaban J connectivity index is 2.05. The summed E-state index contributed by atoms with van der Waals surface area (Å²) in [5.41, 5.74) is 0. The Labute approximate surface area is 121 Å². The molecule has 1 fully saturated rings. The van der Waals surface area contributed by atoms with Gasteiger partial charge in [0.2, 0.25) is 5.09 Å². The molecule has 0 spiro atoms. The van der Waals surface area contributed by atoms with Gasteiger partial charge >= 0.3 is 0 Å². The van der Waals surface area contributed by atoms with Crippen molar-refractivity contribution in [2.45, 2.75) is 44.7 Å². The molecule has 1 atom stereocenters. The summed E-state index contributed by atoms with van der Waals surface area (Å²) in [5.74, 6) is 1.08. The topological polar surface area (TPSA) is 62.6 Å². The Kier molecular flexibility index (Phi) is 5.23. The summed E-state index contributed by atoms with van der Waals surface area (Å²) in [6.45, 7) is 6.82. The fourth-order valence-corrected chi connectivity index (χ4v) is 4.00. The van der Waals surface area contributed by atoms with Crippen molar-refractivity contribution in [3.8, 4) is 0 Å². The van der Waals surface area contributed by atoms with Crippen LogP contribution in [-0.2, 0) is 16.6 Å². The van der Waals surface area contributed by atoms with E-state index in [0.29, 0.717) is 31.3 Å². The standard InChI is InChI=1S/C14H24N2O3S/c1-3-8-15-10-13-6-7-14(19-13)20(17,18)16-9-4-5-12(2)11-16/h6-7,12,15H,3-5,8-11H2,1-2H3. The van der Waals surface area contributed by atoms with E-state index in [9.17, 15) is 8.42 Å². The third kappa shape index (κ3) is 3.62. The van der Waals surface area contributed by atoms with Gasteiger partial charge in [-0.1, -0.05) is 13.8 Å². The summed E-state index contributed by atoms with van der Waals surface area (Å²) in [6, 6.07) is 3.31. The maximum Gasteiger partial charge on any atom is 0.276 e. The molecule has 5 nitrogen and oxygen atoms in total. The lowest BCUT2D eigenvalue weighted by molar-refractivity contribution is 0.273. The third-order valence-electron chi connectivity index (χ3n) is 3.58. The van der Waals surface area contributed by atoms with Gasteiger partial charge in [0, 0.05) is 13.1 Å². The van der Waals surface area contributed by atoms with Gasteiger partial charge in [0.05, 0.1) is 6.54 Å². The van der Waals surface area contributed by atoms with Crippen molar-refractivity contribution in [3.05, 3.63) is 17.9 Å². The predicted molar refractivity (Wildman–Crippen MR) is 77.9 cm³/mol. The van der Waals surface area contributed by atoms with E-state index in [1.807, 2.05) is 0 Å². The average molecular weight is 300 g/mol. The van der Waals surface area contributed by atoms with Crippen molar-refractivity contribution < 1.29 is 12.8 Å². The Bertz CT molecular complexity index is 524. The lowest BCUT2D eigenvalue weighted by atomic mass is 10.0. The van der Waals surface area contributed by atoms with Crippen LogP contribution in [0.25, 0.3) is 0 Å². The maximum absolute atomic E-state index is 12.5. The van der Waals surface area contributed by atoms with Gasteiger partial charge in [-0.25, -0.2) is 8.42 Å². The highest BCUT2D eigenvalue weighted by atomic mass is 32.2. The van der Waals surface area contributed by atoms with Crippen LogP contribution in [0.3, 0.4) is 0 Å². The second kappa shape index (κ2) is 6.74. The molecule has 6 heteroatoms. The smallest absolute Gasteiger partial charge is 0.276 e. The Morgan fingerprint density at radius 3 is 2.95 bits per heavy atom. The van der Waals surface area contributed by atoms with Crippen molar-refractivity contribution in [1.29, 1.82) is 0 Å². The number of sulfonamides is 1. The van der Waals surface area contributed by atoms with Crippen LogP contribution in [0.1, 0.15) is 38.9 Å². The number of furan rings is 1. The van der Waals surface area contributed by atoms with Gasteiger partial charge in [-0.05, 0) is 43.9 Å². The van der Waals surface area contributed by atoms with Crippen LogP contribution < -0.4 is 5.32 Å². The van der Waals surface area contributed by atoms with E-state index in [0.717, 1.165) is 25.8 Å². The molecule has 0 aromatic carbocycles. The third-order valence-corrected chi connectivity index (χ3v) is 5.32. The molecule has 1 aromatic rings. The molecule has 1 aliphatic heterocycles. The van der Waals surface area contributed by atoms with Gasteiger partial charge in [0.15, 0.2) is 0 Å². The summed E-state index contributed by atoms with van der Waals surface area (Å²) in [6.07, 6.45) is 3.06. The van der Waals surface area contributed by atoms with Crippen LogP contribution >= 0.6 is 0 Å². The Hall–Kier alpha value is -0.850. The zero-order valence-electron chi connectivity index (χ0n) is 12.3. The van der Waals surface area contributed by atoms with Crippen LogP contribution in [0.5, 0.6) is 0 Å². The van der Waals surface area contributed by atoms with E-state index < -0.39 is 10.0 Å². The molecular weight excluding hydrogens is 276 g/mol. The summed E-state index contributed by atoms with van der Waals surface area (Å²) < 4.78 is 32.0. The van der Waals surface area contributed by atoms with E-state index in [1.54, 1.807) is 16.4 Å². The number of nitrogens with one attached hydrogen (secondary N) is 1. The molecule has 2 heterocycles. The van der Waals surface area contributed by atoms with Crippen molar-refractivity contribution in [1.82, 2.24) is 9.62 Å². The van der Waals surface area contributed by atoms with Gasteiger partial charge in [-0.15, -0.1) is 0 Å². The molecule has 0 amide bonds. The van der Waals surface area contributed by atoms with E-state index >= 15 is 0 Å². The van der Waals surface area contributed by atoms with E-state index in [-0.39, 0.29) is 5.09 Å². The Morgan fingerprint density at radius 2 is 2.25 bits per heavy atom. The number of hydrogen-bond acceptors (Lipinski definition) is 4. The molecule has 0 bridgehead atoms. The number of rotatable bonds is 6. The Morgan fingerprint density at radius 1 is 1.45 bits per heavy atom. The van der Waals surface area contributed by atoms with Gasteiger partial charge in [-0.3, -0.25) is 0 Å². The van der Waals surface area contributed by atoms with Crippen molar-refractivity contribution in [3.63, 3.8) is 0 Å². The average Bonchev–Trinajstić information content (AvgIpc) is 2.88. The minimum absolute atomic E-state index is 0.0694. The predicted octanol–water partition coefficient (Wildman–Crippen LogP) is 2.20. The molecule has 1 aromatic heterocycles. The van der Waals surface area contributed by atoms with E-state index in [4.69, 9.17) is 4.42 Å². The molecule has 1 N–H and O–H groups in total. The number of nitrogens with zero attached hydrogens (tertiary/aromatic N) is 1. The second-order valence-corrected chi connectivity index (χ2v) is 7.38. The second-order valence-electron chi connectivity index (χ2n) is 5.51. The molecule has 1 aliphatic rings. The number of hydrogen-bond donors (Lipinski definition) is 1. The van der Waals surface area contributed by atoms with E-state index in [1.165, 1.54) is 0 Å². The van der Waals surface area contributed by atoms with Crippen LogP contribution in [0.15, 0.2) is 21.6 Å². The SMILES string of the molecule is CCCNCc1ccc(S(=O)(=O)N2CCCC(C)C2)o1. The zero-order chi connectivity index (χ0) is 14.6. The molecule has 1 unspecified atom stereocenters. The highest BCUT2D eigenvalue weighted by molar-refractivity contribution is 7.89. The summed E-state index contributed by atoms with van der Waals surface area (Å²) in [4.78, 5) is 0. The molecule has 20 heavy (non-hydrogen) atoms. The van der Waals surface area contributed by atoms with Crippen molar-refractivity contribution in [2.75, 3.05) is 19.6 Å². The fraction of sp³-hybridized carbons (Fsp3) is 0.714. The largest absolute Gasteiger partial charge is 0.447 e. The molecule has 0 aliphatic carbocycles. The minimum Gasteiger partial charge on any atom is -0.447 e. The summed E-state index contributed by atoms with van der Waals surface area (Å²) in [5, 5.41) is 3.27. The minimum atomic E-state index is -3.47. The van der Waals surface area contributed by atoms with Gasteiger partial charge in [0.25, 0.3) is 10.0 Å². The monoisotopic (exact) mass is 300 g/mol. The summed E-state index contributed by atoms with van der Waals surface area (Å²) in [7, 11) is -3.47. The first-order valence-corrected chi connectivity index (χ1v) is 8.77. The maximum atomic E-state index is 12.5. The first-order chi connectivity index (χ1) is 9.54. The molecular formula is C14H24N2O3S. The number of piperidine rings is 1. The van der Waals surface area contributed by atoms with E-state index in [2.05, 4.69) is 19.2 Å². The highest BCUT2D eigenvalue weighted by Gasteiger charge is 2.30. The fourth-order valence-electron chi connectivity index (χ4n) is 2.47. The van der Waals surface area contributed by atoms with Crippen LogP contribution in [0.4, 0.5) is 0 Å². The molecule has 0 saturated carbocycles. The van der Waals surface area contributed by atoms with Gasteiger partial charge in [-0.2, -0.15) is 4.31 Å². The molecule has 2 rings (SSSR count). The van der Waals surface area contributed by atoms with Crippen LogP contribution in [-0.4, -0.2) is 32.4 Å². The highest BCUT2D eigenvalue weighted by Crippen LogP contribution is 2.24.